The van der Waals surface area contributed by atoms with Gasteiger partial charge in [0.1, 0.15) is 5.54 Å². The van der Waals surface area contributed by atoms with E-state index in [0.29, 0.717) is 25.7 Å². The zero-order valence-corrected chi connectivity index (χ0v) is 14.0. The van der Waals surface area contributed by atoms with Crippen molar-refractivity contribution in [3.8, 4) is 0 Å². The van der Waals surface area contributed by atoms with E-state index in [2.05, 4.69) is 24.1 Å². The Balaban J connectivity index is 4.81. The summed E-state index contributed by atoms with van der Waals surface area (Å²) in [6, 6.07) is 0. The first-order valence-corrected chi connectivity index (χ1v) is 7.53. The Labute approximate surface area is 124 Å². The van der Waals surface area contributed by atoms with Crippen LogP contribution in [0, 0.1) is 5.92 Å². The lowest BCUT2D eigenvalue weighted by Crippen LogP contribution is -2.58. The van der Waals surface area contributed by atoms with Crippen molar-refractivity contribution in [1.29, 1.82) is 0 Å². The molecule has 0 saturated heterocycles. The van der Waals surface area contributed by atoms with Crippen molar-refractivity contribution in [1.82, 2.24) is 10.2 Å². The van der Waals surface area contributed by atoms with Gasteiger partial charge in [0, 0.05) is 26.7 Å². The van der Waals surface area contributed by atoms with E-state index in [1.165, 1.54) is 0 Å². The highest BCUT2D eigenvalue weighted by Crippen LogP contribution is 2.11. The number of ether oxygens (including phenoxy) is 2. The van der Waals surface area contributed by atoms with Gasteiger partial charge >= 0.3 is 5.97 Å². The zero-order valence-electron chi connectivity index (χ0n) is 14.0. The summed E-state index contributed by atoms with van der Waals surface area (Å²) in [6.45, 7) is 14.3. The first-order chi connectivity index (χ1) is 9.39. The maximum atomic E-state index is 12.2. The van der Waals surface area contributed by atoms with E-state index in [-0.39, 0.29) is 5.97 Å². The van der Waals surface area contributed by atoms with Gasteiger partial charge in [-0.05, 0) is 26.3 Å². The average molecular weight is 288 g/mol. The Morgan fingerprint density at radius 1 is 1.35 bits per heavy atom. The topological polar surface area (TPSA) is 50.8 Å². The number of rotatable bonds is 11. The van der Waals surface area contributed by atoms with Gasteiger partial charge < -0.3 is 14.8 Å². The second-order valence-corrected chi connectivity index (χ2v) is 5.70. The molecule has 0 amide bonds. The van der Waals surface area contributed by atoms with Gasteiger partial charge in [-0.15, -0.1) is 0 Å². The number of methoxy groups -OCH3 is 1. The lowest BCUT2D eigenvalue weighted by atomic mass is 10.0. The number of carbonyl (C=O) groups is 1. The van der Waals surface area contributed by atoms with Gasteiger partial charge in [-0.2, -0.15) is 0 Å². The van der Waals surface area contributed by atoms with Crippen LogP contribution in [0.5, 0.6) is 0 Å². The summed E-state index contributed by atoms with van der Waals surface area (Å²) in [5.41, 5.74) is -0.673. The molecule has 0 rings (SSSR count). The molecule has 1 N–H and O–H groups in total. The molecule has 0 aliphatic carbocycles. The van der Waals surface area contributed by atoms with Crippen molar-refractivity contribution < 1.29 is 14.3 Å². The van der Waals surface area contributed by atoms with Crippen LogP contribution in [0.1, 0.15) is 34.6 Å². The van der Waals surface area contributed by atoms with Gasteiger partial charge in [0.05, 0.1) is 13.2 Å². The molecule has 120 valence electrons. The van der Waals surface area contributed by atoms with Crippen LogP contribution in [-0.4, -0.2) is 62.9 Å². The molecule has 0 aromatic rings. The number of nitrogens with one attached hydrogen (secondary N) is 1. The summed E-state index contributed by atoms with van der Waals surface area (Å²) in [6.07, 6.45) is 0. The second kappa shape index (κ2) is 10.1. The summed E-state index contributed by atoms with van der Waals surface area (Å²) in [7, 11) is 1.70. The second-order valence-electron chi connectivity index (χ2n) is 5.70. The molecular formula is C15H32N2O3. The molecule has 5 nitrogen and oxygen atoms in total. The van der Waals surface area contributed by atoms with Crippen LogP contribution in [0.25, 0.3) is 0 Å². The molecule has 5 heteroatoms. The molecule has 0 aromatic heterocycles. The number of hydrogen-bond donors (Lipinski definition) is 1. The van der Waals surface area contributed by atoms with Crippen LogP contribution in [-0.2, 0) is 14.3 Å². The third-order valence-corrected chi connectivity index (χ3v) is 3.07. The largest absolute Gasteiger partial charge is 0.465 e. The van der Waals surface area contributed by atoms with Crippen molar-refractivity contribution in [2.75, 3.05) is 46.5 Å². The minimum atomic E-state index is -0.673. The Hall–Kier alpha value is -0.650. The summed E-state index contributed by atoms with van der Waals surface area (Å²) >= 11 is 0. The van der Waals surface area contributed by atoms with E-state index in [9.17, 15) is 4.79 Å². The molecule has 0 fully saturated rings. The fourth-order valence-electron chi connectivity index (χ4n) is 2.29. The van der Waals surface area contributed by atoms with Gasteiger partial charge in [0.15, 0.2) is 0 Å². The van der Waals surface area contributed by atoms with E-state index in [1.54, 1.807) is 7.11 Å². The molecule has 0 aromatic carbocycles. The van der Waals surface area contributed by atoms with Gasteiger partial charge in [0.2, 0.25) is 0 Å². The van der Waals surface area contributed by atoms with E-state index < -0.39 is 5.54 Å². The Morgan fingerprint density at radius 2 is 2.00 bits per heavy atom. The predicted octanol–water partition coefficient (Wildman–Crippen LogP) is 1.52. The van der Waals surface area contributed by atoms with Gasteiger partial charge in [-0.1, -0.05) is 20.8 Å². The maximum absolute atomic E-state index is 12.2. The fourth-order valence-corrected chi connectivity index (χ4v) is 2.29. The van der Waals surface area contributed by atoms with E-state index in [1.807, 2.05) is 20.8 Å². The smallest absolute Gasteiger partial charge is 0.327 e. The zero-order chi connectivity index (χ0) is 15.6. The van der Waals surface area contributed by atoms with Crippen LogP contribution in [0.15, 0.2) is 0 Å². The highest BCUT2D eigenvalue weighted by molar-refractivity contribution is 5.80. The Morgan fingerprint density at radius 3 is 2.45 bits per heavy atom. The van der Waals surface area contributed by atoms with E-state index >= 15 is 0 Å². The molecule has 0 heterocycles. The minimum absolute atomic E-state index is 0.187. The monoisotopic (exact) mass is 288 g/mol. The molecule has 0 saturated carbocycles. The Bertz CT molecular complexity index is 272. The van der Waals surface area contributed by atoms with Crippen LogP contribution in [0.4, 0.5) is 0 Å². The number of hydrogen-bond acceptors (Lipinski definition) is 5. The SMILES string of the molecule is CCNC(C)(CN(CCOC)CC(C)C)C(=O)OCC. The number of carbonyl (C=O) groups excluding carboxylic acids is 1. The van der Waals surface area contributed by atoms with Crippen molar-refractivity contribution in [2.24, 2.45) is 5.92 Å². The van der Waals surface area contributed by atoms with Crippen LogP contribution >= 0.6 is 0 Å². The summed E-state index contributed by atoms with van der Waals surface area (Å²) < 4.78 is 10.4. The molecule has 0 radical (unpaired) electrons. The molecule has 0 aliphatic rings. The van der Waals surface area contributed by atoms with Crippen LogP contribution in [0.3, 0.4) is 0 Å². The minimum Gasteiger partial charge on any atom is -0.465 e. The lowest BCUT2D eigenvalue weighted by molar-refractivity contribution is -0.151. The molecule has 0 aliphatic heterocycles. The predicted molar refractivity (Wildman–Crippen MR) is 81.9 cm³/mol. The van der Waals surface area contributed by atoms with Crippen molar-refractivity contribution in [3.05, 3.63) is 0 Å². The number of likely N-dealkylation sites (N-methyl/N-ethyl adjacent to an activating group) is 1. The average Bonchev–Trinajstić information content (AvgIpc) is 2.35. The highest BCUT2D eigenvalue weighted by Gasteiger charge is 2.35. The first-order valence-electron chi connectivity index (χ1n) is 7.53. The summed E-state index contributed by atoms with van der Waals surface area (Å²) in [5, 5.41) is 3.27. The third kappa shape index (κ3) is 7.22. The van der Waals surface area contributed by atoms with Gasteiger partial charge in [0.25, 0.3) is 0 Å². The molecular weight excluding hydrogens is 256 g/mol. The van der Waals surface area contributed by atoms with E-state index in [0.717, 1.165) is 19.6 Å². The van der Waals surface area contributed by atoms with E-state index in [4.69, 9.17) is 9.47 Å². The van der Waals surface area contributed by atoms with Crippen molar-refractivity contribution in [2.45, 2.75) is 40.2 Å². The number of esters is 1. The standard InChI is InChI=1S/C15H32N2O3/c1-7-16-15(5,14(18)20-8-2)12-17(9-10-19-6)11-13(3)4/h13,16H,7-12H2,1-6H3. The molecule has 1 atom stereocenters. The summed E-state index contributed by atoms with van der Waals surface area (Å²) in [5.74, 6) is 0.355. The lowest BCUT2D eigenvalue weighted by Gasteiger charge is -2.35. The van der Waals surface area contributed by atoms with Gasteiger partial charge in [-0.25, -0.2) is 0 Å². The quantitative estimate of drug-likeness (QED) is 0.584. The number of nitrogens with zero attached hydrogens (tertiary/aromatic N) is 1. The van der Waals surface area contributed by atoms with Crippen molar-refractivity contribution >= 4 is 5.97 Å². The molecule has 1 unspecified atom stereocenters. The fraction of sp³-hybridized carbons (Fsp3) is 0.933. The van der Waals surface area contributed by atoms with Crippen LogP contribution < -0.4 is 5.32 Å². The molecule has 0 spiro atoms. The molecule has 20 heavy (non-hydrogen) atoms. The van der Waals surface area contributed by atoms with Crippen molar-refractivity contribution in [3.63, 3.8) is 0 Å². The normalized spacial score (nSPS) is 14.6. The van der Waals surface area contributed by atoms with Gasteiger partial charge in [-0.3, -0.25) is 9.69 Å². The first kappa shape index (κ1) is 19.4. The Kier molecular flexibility index (Phi) is 9.80. The maximum Gasteiger partial charge on any atom is 0.327 e. The van der Waals surface area contributed by atoms with Crippen LogP contribution in [0.2, 0.25) is 0 Å². The third-order valence-electron chi connectivity index (χ3n) is 3.07. The highest BCUT2D eigenvalue weighted by atomic mass is 16.5. The molecule has 0 bridgehead atoms. The summed E-state index contributed by atoms with van der Waals surface area (Å²) in [4.78, 5) is 14.5.